The second-order valence-corrected chi connectivity index (χ2v) is 6.09. The molecule has 3 nitrogen and oxygen atoms in total. The Kier molecular flexibility index (Phi) is 5.94. The second-order valence-electron chi connectivity index (χ2n) is 5.23. The highest BCUT2D eigenvalue weighted by Gasteiger charge is 2.15. The van der Waals surface area contributed by atoms with Crippen molar-refractivity contribution in [1.82, 2.24) is 15.1 Å². The predicted octanol–water partition coefficient (Wildman–Crippen LogP) is 4.00. The lowest BCUT2D eigenvalue weighted by Crippen LogP contribution is -2.23. The molecule has 0 amide bonds. The van der Waals surface area contributed by atoms with Crippen LogP contribution in [0.5, 0.6) is 0 Å². The zero-order chi connectivity index (χ0) is 15.2. The molecule has 1 unspecified atom stereocenters. The summed E-state index contributed by atoms with van der Waals surface area (Å²) in [4.78, 5) is 0. The quantitative estimate of drug-likeness (QED) is 0.815. The number of nitrogens with one attached hydrogen (secondary N) is 1. The Labute approximate surface area is 133 Å². The SMILES string of the molecule is CCCNC(CCc1cnn(C)c1)c1ccc(F)cc1Br. The predicted molar refractivity (Wildman–Crippen MR) is 86.7 cm³/mol. The van der Waals surface area contributed by atoms with Gasteiger partial charge in [-0.3, -0.25) is 4.68 Å². The first kappa shape index (κ1) is 16.2. The molecule has 1 aromatic heterocycles. The van der Waals surface area contributed by atoms with Crippen molar-refractivity contribution in [3.63, 3.8) is 0 Å². The number of nitrogens with zero attached hydrogens (tertiary/aromatic N) is 2. The maximum atomic E-state index is 13.3. The van der Waals surface area contributed by atoms with Crippen molar-refractivity contribution in [3.05, 3.63) is 52.0 Å². The van der Waals surface area contributed by atoms with Crippen molar-refractivity contribution in [1.29, 1.82) is 0 Å². The lowest BCUT2D eigenvalue weighted by Gasteiger charge is -2.20. The molecule has 0 aliphatic carbocycles. The molecule has 0 aliphatic rings. The van der Waals surface area contributed by atoms with Gasteiger partial charge >= 0.3 is 0 Å². The number of hydrogen-bond acceptors (Lipinski definition) is 2. The van der Waals surface area contributed by atoms with E-state index < -0.39 is 0 Å². The smallest absolute Gasteiger partial charge is 0.124 e. The molecule has 1 aromatic carbocycles. The Hall–Kier alpha value is -1.20. The Morgan fingerprint density at radius 2 is 2.24 bits per heavy atom. The highest BCUT2D eigenvalue weighted by atomic mass is 79.9. The van der Waals surface area contributed by atoms with Crippen LogP contribution in [0, 0.1) is 5.82 Å². The van der Waals surface area contributed by atoms with Crippen LogP contribution in [-0.4, -0.2) is 16.3 Å². The third-order valence-electron chi connectivity index (χ3n) is 3.46. The van der Waals surface area contributed by atoms with Crippen molar-refractivity contribution in [2.24, 2.45) is 7.05 Å². The molecule has 0 radical (unpaired) electrons. The lowest BCUT2D eigenvalue weighted by atomic mass is 10.00. The van der Waals surface area contributed by atoms with Crippen molar-refractivity contribution >= 4 is 15.9 Å². The maximum Gasteiger partial charge on any atom is 0.124 e. The molecule has 5 heteroatoms. The Balaban J connectivity index is 2.09. The molecule has 2 rings (SSSR count). The molecule has 0 spiro atoms. The summed E-state index contributed by atoms with van der Waals surface area (Å²) < 4.78 is 15.9. The molecule has 1 N–H and O–H groups in total. The van der Waals surface area contributed by atoms with E-state index in [1.54, 1.807) is 0 Å². The summed E-state index contributed by atoms with van der Waals surface area (Å²) in [6, 6.07) is 5.11. The maximum absolute atomic E-state index is 13.3. The van der Waals surface area contributed by atoms with Gasteiger partial charge < -0.3 is 5.32 Å². The number of halogens is 2. The lowest BCUT2D eigenvalue weighted by molar-refractivity contribution is 0.496. The van der Waals surface area contributed by atoms with Crippen LogP contribution >= 0.6 is 15.9 Å². The van der Waals surface area contributed by atoms with E-state index in [2.05, 4.69) is 33.3 Å². The Morgan fingerprint density at radius 1 is 1.43 bits per heavy atom. The standard InChI is InChI=1S/C16H21BrFN3/c1-3-8-19-16(7-4-12-10-20-21(2)11-12)14-6-5-13(18)9-15(14)17/h5-6,9-11,16,19H,3-4,7-8H2,1-2H3. The topological polar surface area (TPSA) is 29.9 Å². The zero-order valence-corrected chi connectivity index (χ0v) is 14.0. The fourth-order valence-corrected chi connectivity index (χ4v) is 3.01. The molecule has 0 saturated heterocycles. The molecule has 2 aromatic rings. The zero-order valence-electron chi connectivity index (χ0n) is 12.4. The largest absolute Gasteiger partial charge is 0.310 e. The van der Waals surface area contributed by atoms with E-state index in [1.165, 1.54) is 17.7 Å². The number of aromatic nitrogens is 2. The monoisotopic (exact) mass is 353 g/mol. The summed E-state index contributed by atoms with van der Waals surface area (Å²) >= 11 is 3.47. The average molecular weight is 354 g/mol. The van der Waals surface area contributed by atoms with Crippen molar-refractivity contribution in [2.45, 2.75) is 32.2 Å². The molecule has 114 valence electrons. The van der Waals surface area contributed by atoms with Gasteiger partial charge in [0, 0.05) is 23.8 Å². The highest BCUT2D eigenvalue weighted by Crippen LogP contribution is 2.27. The van der Waals surface area contributed by atoms with E-state index in [0.29, 0.717) is 0 Å². The second kappa shape index (κ2) is 7.71. The number of hydrogen-bond donors (Lipinski definition) is 1. The Bertz CT molecular complexity index is 583. The van der Waals surface area contributed by atoms with Crippen LogP contribution in [0.1, 0.15) is 36.9 Å². The van der Waals surface area contributed by atoms with Gasteiger partial charge in [-0.1, -0.05) is 28.9 Å². The molecule has 1 heterocycles. The van der Waals surface area contributed by atoms with E-state index in [9.17, 15) is 4.39 Å². The molecule has 0 bridgehead atoms. The third kappa shape index (κ3) is 4.64. The van der Waals surface area contributed by atoms with Gasteiger partial charge in [-0.05, 0) is 49.1 Å². The van der Waals surface area contributed by atoms with E-state index in [1.807, 2.05) is 30.2 Å². The molecule has 0 aliphatic heterocycles. The van der Waals surface area contributed by atoms with E-state index in [-0.39, 0.29) is 11.9 Å². The molecule has 0 saturated carbocycles. The van der Waals surface area contributed by atoms with Crippen LogP contribution in [0.15, 0.2) is 35.1 Å². The van der Waals surface area contributed by atoms with Crippen LogP contribution in [0.4, 0.5) is 4.39 Å². The summed E-state index contributed by atoms with van der Waals surface area (Å²) in [7, 11) is 1.92. The Morgan fingerprint density at radius 3 is 2.86 bits per heavy atom. The molecule has 1 atom stereocenters. The van der Waals surface area contributed by atoms with E-state index in [0.717, 1.165) is 35.8 Å². The van der Waals surface area contributed by atoms with Gasteiger partial charge in [0.05, 0.1) is 6.20 Å². The fraction of sp³-hybridized carbons (Fsp3) is 0.438. The van der Waals surface area contributed by atoms with Crippen molar-refractivity contribution in [3.8, 4) is 0 Å². The first-order chi connectivity index (χ1) is 10.1. The first-order valence-electron chi connectivity index (χ1n) is 7.26. The van der Waals surface area contributed by atoms with E-state index >= 15 is 0 Å². The van der Waals surface area contributed by atoms with Crippen LogP contribution in [0.2, 0.25) is 0 Å². The van der Waals surface area contributed by atoms with E-state index in [4.69, 9.17) is 0 Å². The highest BCUT2D eigenvalue weighted by molar-refractivity contribution is 9.10. The van der Waals surface area contributed by atoms with Crippen LogP contribution < -0.4 is 5.32 Å². The number of rotatable bonds is 7. The number of aryl methyl sites for hydroxylation is 2. The number of benzene rings is 1. The first-order valence-corrected chi connectivity index (χ1v) is 8.05. The minimum absolute atomic E-state index is 0.208. The van der Waals surface area contributed by atoms with Crippen LogP contribution in [0.3, 0.4) is 0 Å². The summed E-state index contributed by atoms with van der Waals surface area (Å²) in [6.07, 6.45) is 6.91. The summed E-state index contributed by atoms with van der Waals surface area (Å²) in [5, 5.41) is 7.74. The van der Waals surface area contributed by atoms with Gasteiger partial charge in [0.15, 0.2) is 0 Å². The van der Waals surface area contributed by atoms with Gasteiger partial charge in [-0.15, -0.1) is 0 Å². The van der Waals surface area contributed by atoms with Gasteiger partial charge in [-0.2, -0.15) is 5.10 Å². The molecule has 0 fully saturated rings. The minimum Gasteiger partial charge on any atom is -0.310 e. The third-order valence-corrected chi connectivity index (χ3v) is 4.15. The van der Waals surface area contributed by atoms with Gasteiger partial charge in [0.1, 0.15) is 5.82 Å². The van der Waals surface area contributed by atoms with Gasteiger partial charge in [0.2, 0.25) is 0 Å². The minimum atomic E-state index is -0.216. The van der Waals surface area contributed by atoms with Crippen molar-refractivity contribution < 1.29 is 4.39 Å². The summed E-state index contributed by atoms with van der Waals surface area (Å²) in [5.74, 6) is -0.216. The normalized spacial score (nSPS) is 12.6. The summed E-state index contributed by atoms with van der Waals surface area (Å²) in [6.45, 7) is 3.09. The fourth-order valence-electron chi connectivity index (χ4n) is 2.38. The van der Waals surface area contributed by atoms with Gasteiger partial charge in [0.25, 0.3) is 0 Å². The van der Waals surface area contributed by atoms with Crippen LogP contribution in [-0.2, 0) is 13.5 Å². The summed E-state index contributed by atoms with van der Waals surface area (Å²) in [5.41, 5.74) is 2.33. The molecule has 21 heavy (non-hydrogen) atoms. The van der Waals surface area contributed by atoms with Crippen molar-refractivity contribution in [2.75, 3.05) is 6.54 Å². The molecular formula is C16H21BrFN3. The van der Waals surface area contributed by atoms with Gasteiger partial charge in [-0.25, -0.2) is 4.39 Å². The average Bonchev–Trinajstić information content (AvgIpc) is 2.86. The van der Waals surface area contributed by atoms with Crippen LogP contribution in [0.25, 0.3) is 0 Å². The molecular weight excluding hydrogens is 333 g/mol.